The maximum absolute atomic E-state index is 4.12. The van der Waals surface area contributed by atoms with Gasteiger partial charge in [-0.15, -0.1) is 0 Å². The Bertz CT molecular complexity index is 842. The van der Waals surface area contributed by atoms with Gasteiger partial charge in [-0.05, 0) is 57.3 Å². The van der Waals surface area contributed by atoms with Crippen molar-refractivity contribution in [3.8, 4) is 22.3 Å². The third-order valence-corrected chi connectivity index (χ3v) is 3.89. The van der Waals surface area contributed by atoms with Gasteiger partial charge < -0.3 is 0 Å². The topological polar surface area (TPSA) is 25.8 Å². The van der Waals surface area contributed by atoms with Gasteiger partial charge in [0.15, 0.2) is 0 Å². The Morgan fingerprint density at radius 1 is 0.500 bits per heavy atom. The molecule has 2 aromatic carbocycles. The lowest BCUT2D eigenvalue weighted by Gasteiger charge is -2.12. The molecule has 0 bridgehead atoms. The third kappa shape index (κ3) is 2.15. The monoisotopic (exact) mass is 282 g/mol. The summed E-state index contributed by atoms with van der Waals surface area (Å²) in [5.41, 5.74) is 4.82. The summed E-state index contributed by atoms with van der Waals surface area (Å²) in [4.78, 5) is 8.25. The van der Waals surface area contributed by atoms with Crippen LogP contribution in [0.5, 0.6) is 0 Å². The predicted molar refractivity (Wildman–Crippen MR) is 90.4 cm³/mol. The van der Waals surface area contributed by atoms with Gasteiger partial charge in [0.05, 0.1) is 0 Å². The molecule has 2 aromatic heterocycles. The van der Waals surface area contributed by atoms with Crippen LogP contribution in [0, 0.1) is 0 Å². The molecular formula is C20H14N2. The molecule has 0 aliphatic rings. The van der Waals surface area contributed by atoms with Gasteiger partial charge in [0.2, 0.25) is 0 Å². The van der Waals surface area contributed by atoms with Gasteiger partial charge in [-0.2, -0.15) is 0 Å². The lowest BCUT2D eigenvalue weighted by molar-refractivity contribution is 1.33. The van der Waals surface area contributed by atoms with Gasteiger partial charge in [-0.25, -0.2) is 0 Å². The van der Waals surface area contributed by atoms with E-state index in [1.807, 2.05) is 24.8 Å². The molecule has 0 aliphatic carbocycles. The molecule has 2 heterocycles. The van der Waals surface area contributed by atoms with Crippen molar-refractivity contribution in [2.45, 2.75) is 0 Å². The summed E-state index contributed by atoms with van der Waals surface area (Å²) < 4.78 is 0. The molecule has 0 unspecified atom stereocenters. The Balaban J connectivity index is 2.07. The second-order valence-corrected chi connectivity index (χ2v) is 5.18. The maximum atomic E-state index is 4.12. The quantitative estimate of drug-likeness (QED) is 0.519. The van der Waals surface area contributed by atoms with Crippen molar-refractivity contribution in [3.63, 3.8) is 0 Å². The van der Waals surface area contributed by atoms with Gasteiger partial charge in [-0.1, -0.05) is 36.4 Å². The highest BCUT2D eigenvalue weighted by molar-refractivity contribution is 6.06. The summed E-state index contributed by atoms with van der Waals surface area (Å²) in [7, 11) is 0. The number of rotatable bonds is 2. The fraction of sp³-hybridized carbons (Fsp3) is 0. The Kier molecular flexibility index (Phi) is 3.13. The minimum atomic E-state index is 1.18. The average molecular weight is 282 g/mol. The van der Waals surface area contributed by atoms with Gasteiger partial charge in [-0.3, -0.25) is 9.97 Å². The minimum Gasteiger partial charge on any atom is -0.265 e. The lowest BCUT2D eigenvalue weighted by atomic mass is 9.92. The fourth-order valence-electron chi connectivity index (χ4n) is 2.89. The van der Waals surface area contributed by atoms with E-state index < -0.39 is 0 Å². The molecular weight excluding hydrogens is 268 g/mol. The molecule has 0 saturated heterocycles. The summed E-state index contributed by atoms with van der Waals surface area (Å²) in [6.07, 6.45) is 7.35. The zero-order chi connectivity index (χ0) is 14.8. The molecule has 0 amide bonds. The number of pyridine rings is 2. The first-order chi connectivity index (χ1) is 10.9. The molecule has 0 spiro atoms. The molecule has 104 valence electrons. The summed E-state index contributed by atoms with van der Waals surface area (Å²) >= 11 is 0. The maximum Gasteiger partial charge on any atom is 0.0273 e. The van der Waals surface area contributed by atoms with E-state index in [0.717, 1.165) is 0 Å². The van der Waals surface area contributed by atoms with E-state index in [-0.39, 0.29) is 0 Å². The van der Waals surface area contributed by atoms with Crippen molar-refractivity contribution in [2.75, 3.05) is 0 Å². The SMILES string of the molecule is c1cc(-c2ccncc2)c2c(-c3ccncc3)cccc2c1. The zero-order valence-electron chi connectivity index (χ0n) is 12.0. The van der Waals surface area contributed by atoms with Crippen LogP contribution >= 0.6 is 0 Å². The molecule has 2 heteroatoms. The van der Waals surface area contributed by atoms with Crippen LogP contribution in [0.4, 0.5) is 0 Å². The Morgan fingerprint density at radius 3 is 1.41 bits per heavy atom. The van der Waals surface area contributed by atoms with E-state index in [0.29, 0.717) is 0 Å². The standard InChI is InChI=1S/C20H14N2/c1-3-17-4-2-6-19(16-9-13-22-14-10-16)20(17)18(5-1)15-7-11-21-12-8-15/h1-14H. The van der Waals surface area contributed by atoms with E-state index in [1.165, 1.54) is 33.0 Å². The molecule has 4 rings (SSSR count). The molecule has 0 fully saturated rings. The van der Waals surface area contributed by atoms with Crippen molar-refractivity contribution in [3.05, 3.63) is 85.5 Å². The lowest BCUT2D eigenvalue weighted by Crippen LogP contribution is -1.86. The zero-order valence-corrected chi connectivity index (χ0v) is 12.0. The number of nitrogens with zero attached hydrogens (tertiary/aromatic N) is 2. The highest BCUT2D eigenvalue weighted by Crippen LogP contribution is 2.35. The Morgan fingerprint density at radius 2 is 0.955 bits per heavy atom. The van der Waals surface area contributed by atoms with Crippen LogP contribution in [-0.4, -0.2) is 9.97 Å². The average Bonchev–Trinajstić information content (AvgIpc) is 2.62. The van der Waals surface area contributed by atoms with Gasteiger partial charge in [0.1, 0.15) is 0 Å². The van der Waals surface area contributed by atoms with Crippen LogP contribution in [0.25, 0.3) is 33.0 Å². The molecule has 0 N–H and O–H groups in total. The second kappa shape index (κ2) is 5.41. The van der Waals surface area contributed by atoms with Crippen molar-refractivity contribution in [1.29, 1.82) is 0 Å². The molecule has 22 heavy (non-hydrogen) atoms. The predicted octanol–water partition coefficient (Wildman–Crippen LogP) is 4.96. The second-order valence-electron chi connectivity index (χ2n) is 5.18. The Labute approximate surface area is 129 Å². The molecule has 0 radical (unpaired) electrons. The number of aromatic nitrogens is 2. The molecule has 0 atom stereocenters. The van der Waals surface area contributed by atoms with E-state index in [9.17, 15) is 0 Å². The molecule has 2 nitrogen and oxygen atoms in total. The van der Waals surface area contributed by atoms with Gasteiger partial charge in [0.25, 0.3) is 0 Å². The van der Waals surface area contributed by atoms with E-state index >= 15 is 0 Å². The van der Waals surface area contributed by atoms with Gasteiger partial charge >= 0.3 is 0 Å². The highest BCUT2D eigenvalue weighted by Gasteiger charge is 2.09. The number of benzene rings is 2. The van der Waals surface area contributed by atoms with Crippen LogP contribution in [0.1, 0.15) is 0 Å². The summed E-state index contributed by atoms with van der Waals surface area (Å²) in [5, 5.41) is 2.51. The molecule has 4 aromatic rings. The molecule has 0 saturated carbocycles. The first-order valence-corrected chi connectivity index (χ1v) is 7.26. The fourth-order valence-corrected chi connectivity index (χ4v) is 2.89. The number of hydrogen-bond donors (Lipinski definition) is 0. The highest BCUT2D eigenvalue weighted by atomic mass is 14.6. The van der Waals surface area contributed by atoms with Crippen LogP contribution in [-0.2, 0) is 0 Å². The van der Waals surface area contributed by atoms with Crippen molar-refractivity contribution < 1.29 is 0 Å². The first kappa shape index (κ1) is 12.7. The van der Waals surface area contributed by atoms with Crippen LogP contribution in [0.2, 0.25) is 0 Å². The largest absolute Gasteiger partial charge is 0.265 e. The van der Waals surface area contributed by atoms with E-state index in [1.54, 1.807) is 0 Å². The van der Waals surface area contributed by atoms with E-state index in [2.05, 4.69) is 70.6 Å². The summed E-state index contributed by atoms with van der Waals surface area (Å²) in [5.74, 6) is 0. The molecule has 0 aliphatic heterocycles. The summed E-state index contributed by atoms with van der Waals surface area (Å²) in [6.45, 7) is 0. The van der Waals surface area contributed by atoms with Crippen LogP contribution < -0.4 is 0 Å². The normalized spacial score (nSPS) is 10.7. The van der Waals surface area contributed by atoms with Crippen molar-refractivity contribution >= 4 is 10.8 Å². The van der Waals surface area contributed by atoms with Gasteiger partial charge in [0, 0.05) is 24.8 Å². The smallest absolute Gasteiger partial charge is 0.0273 e. The third-order valence-electron chi connectivity index (χ3n) is 3.89. The van der Waals surface area contributed by atoms with Crippen molar-refractivity contribution in [1.82, 2.24) is 9.97 Å². The Hall–Kier alpha value is -3.00. The van der Waals surface area contributed by atoms with Crippen LogP contribution in [0.15, 0.2) is 85.5 Å². The van der Waals surface area contributed by atoms with Crippen molar-refractivity contribution in [2.24, 2.45) is 0 Å². The number of fused-ring (bicyclic) bond motifs is 1. The van der Waals surface area contributed by atoms with Crippen LogP contribution in [0.3, 0.4) is 0 Å². The van der Waals surface area contributed by atoms with E-state index in [4.69, 9.17) is 0 Å². The summed E-state index contributed by atoms with van der Waals surface area (Å²) in [6, 6.07) is 21.1. The number of hydrogen-bond acceptors (Lipinski definition) is 2. The minimum absolute atomic E-state index is 1.18. The first-order valence-electron chi connectivity index (χ1n) is 7.26.